The quantitative estimate of drug-likeness (QED) is 0.546. The molecule has 1 saturated heterocycles. The average molecular weight is 233 g/mol. The molecule has 3 N–H and O–H groups in total. The number of benzene rings is 1. The number of nitrogens with one attached hydrogen (secondary N) is 3. The van der Waals surface area contributed by atoms with E-state index in [1.54, 1.807) is 7.11 Å². The van der Waals surface area contributed by atoms with Crippen LogP contribution < -0.4 is 15.4 Å². The third kappa shape index (κ3) is 3.20. The highest BCUT2D eigenvalue weighted by atomic mass is 16.5. The first-order valence-corrected chi connectivity index (χ1v) is 6.00. The molecule has 0 bridgehead atoms. The minimum atomic E-state index is 0.422. The Labute approximate surface area is 102 Å². The number of rotatable bonds is 3. The minimum Gasteiger partial charge on any atom is -0.497 e. The fraction of sp³-hybridized carbons (Fsp3) is 0.462. The molecule has 1 heterocycles. The fourth-order valence-corrected chi connectivity index (χ4v) is 2.01. The molecule has 0 radical (unpaired) electrons. The summed E-state index contributed by atoms with van der Waals surface area (Å²) in [6, 6.07) is 8.01. The van der Waals surface area contributed by atoms with Crippen LogP contribution in [0.3, 0.4) is 0 Å². The SMILES string of the molecule is COc1ccc(C(=N)NC2CCNCC2)cc1. The normalized spacial score (nSPS) is 16.5. The average Bonchev–Trinajstić information content (AvgIpc) is 2.40. The Balaban J connectivity index is 1.93. The molecular formula is C13H19N3O. The van der Waals surface area contributed by atoms with Gasteiger partial charge in [-0.15, -0.1) is 0 Å². The zero-order chi connectivity index (χ0) is 12.1. The van der Waals surface area contributed by atoms with Gasteiger partial charge in [0.1, 0.15) is 11.6 Å². The molecule has 1 aromatic carbocycles. The van der Waals surface area contributed by atoms with Gasteiger partial charge in [-0.1, -0.05) is 0 Å². The number of methoxy groups -OCH3 is 1. The van der Waals surface area contributed by atoms with Gasteiger partial charge < -0.3 is 15.4 Å². The van der Waals surface area contributed by atoms with Gasteiger partial charge in [0.15, 0.2) is 0 Å². The van der Waals surface area contributed by atoms with Gasteiger partial charge in [-0.3, -0.25) is 5.41 Å². The summed E-state index contributed by atoms with van der Waals surface area (Å²) < 4.78 is 5.10. The van der Waals surface area contributed by atoms with Crippen LogP contribution in [-0.2, 0) is 0 Å². The molecule has 0 aromatic heterocycles. The highest BCUT2D eigenvalue weighted by molar-refractivity contribution is 5.96. The topological polar surface area (TPSA) is 57.1 Å². The van der Waals surface area contributed by atoms with E-state index in [1.165, 1.54) is 0 Å². The number of ether oxygens (including phenoxy) is 1. The lowest BCUT2D eigenvalue weighted by Gasteiger charge is -2.24. The van der Waals surface area contributed by atoms with Crippen molar-refractivity contribution < 1.29 is 4.74 Å². The van der Waals surface area contributed by atoms with Crippen molar-refractivity contribution in [1.29, 1.82) is 5.41 Å². The van der Waals surface area contributed by atoms with Crippen LogP contribution in [0.5, 0.6) is 5.75 Å². The van der Waals surface area contributed by atoms with Crippen LogP contribution in [0.15, 0.2) is 24.3 Å². The van der Waals surface area contributed by atoms with Crippen LogP contribution in [0, 0.1) is 5.41 Å². The molecule has 1 aliphatic heterocycles. The van der Waals surface area contributed by atoms with E-state index >= 15 is 0 Å². The summed E-state index contributed by atoms with van der Waals surface area (Å²) >= 11 is 0. The van der Waals surface area contributed by atoms with E-state index in [9.17, 15) is 0 Å². The van der Waals surface area contributed by atoms with E-state index < -0.39 is 0 Å². The van der Waals surface area contributed by atoms with Crippen molar-refractivity contribution in [3.8, 4) is 5.75 Å². The van der Waals surface area contributed by atoms with Crippen LogP contribution in [0.1, 0.15) is 18.4 Å². The lowest BCUT2D eigenvalue weighted by atomic mass is 10.1. The van der Waals surface area contributed by atoms with Crippen molar-refractivity contribution in [2.24, 2.45) is 0 Å². The molecule has 17 heavy (non-hydrogen) atoms. The summed E-state index contributed by atoms with van der Waals surface area (Å²) in [6.45, 7) is 2.07. The Kier molecular flexibility index (Phi) is 3.98. The molecule has 4 heteroatoms. The van der Waals surface area contributed by atoms with Gasteiger partial charge in [-0.05, 0) is 50.2 Å². The smallest absolute Gasteiger partial charge is 0.125 e. The number of piperidine rings is 1. The Hall–Kier alpha value is -1.55. The van der Waals surface area contributed by atoms with Crippen LogP contribution in [0.4, 0.5) is 0 Å². The van der Waals surface area contributed by atoms with Crippen molar-refractivity contribution in [3.63, 3.8) is 0 Å². The van der Waals surface area contributed by atoms with Crippen LogP contribution in [0.2, 0.25) is 0 Å². The zero-order valence-electron chi connectivity index (χ0n) is 10.1. The molecule has 1 aromatic rings. The van der Waals surface area contributed by atoms with Crippen molar-refractivity contribution >= 4 is 5.84 Å². The summed E-state index contributed by atoms with van der Waals surface area (Å²) in [6.07, 6.45) is 2.16. The molecule has 0 atom stereocenters. The molecule has 2 rings (SSSR count). The third-order valence-corrected chi connectivity index (χ3v) is 3.07. The maximum Gasteiger partial charge on any atom is 0.125 e. The maximum absolute atomic E-state index is 8.02. The minimum absolute atomic E-state index is 0.422. The third-order valence-electron chi connectivity index (χ3n) is 3.07. The largest absolute Gasteiger partial charge is 0.497 e. The van der Waals surface area contributed by atoms with Gasteiger partial charge in [0, 0.05) is 11.6 Å². The number of hydrogen-bond donors (Lipinski definition) is 3. The standard InChI is InChI=1S/C13H19N3O/c1-17-12-4-2-10(3-5-12)13(14)16-11-6-8-15-9-7-11/h2-5,11,15H,6-9H2,1H3,(H2,14,16). The summed E-state index contributed by atoms with van der Waals surface area (Å²) in [5, 5.41) is 14.6. The first-order valence-electron chi connectivity index (χ1n) is 6.00. The zero-order valence-corrected chi connectivity index (χ0v) is 10.1. The van der Waals surface area contributed by atoms with Crippen molar-refractivity contribution in [2.45, 2.75) is 18.9 Å². The maximum atomic E-state index is 8.02. The molecule has 4 nitrogen and oxygen atoms in total. The van der Waals surface area contributed by atoms with Crippen molar-refractivity contribution in [3.05, 3.63) is 29.8 Å². The second kappa shape index (κ2) is 5.68. The second-order valence-corrected chi connectivity index (χ2v) is 4.27. The summed E-state index contributed by atoms with van der Waals surface area (Å²) in [5.41, 5.74) is 0.907. The van der Waals surface area contributed by atoms with E-state index in [-0.39, 0.29) is 0 Å². The second-order valence-electron chi connectivity index (χ2n) is 4.27. The Morgan fingerprint density at radius 3 is 2.53 bits per heavy atom. The highest BCUT2D eigenvalue weighted by Gasteiger charge is 2.14. The lowest BCUT2D eigenvalue weighted by molar-refractivity contribution is 0.414. The van der Waals surface area contributed by atoms with Crippen LogP contribution in [-0.4, -0.2) is 32.1 Å². The molecule has 0 amide bonds. The number of hydrogen-bond acceptors (Lipinski definition) is 3. The van der Waals surface area contributed by atoms with E-state index in [2.05, 4.69) is 10.6 Å². The first kappa shape index (κ1) is 11.9. The molecule has 0 aliphatic carbocycles. The summed E-state index contributed by atoms with van der Waals surface area (Å²) in [7, 11) is 1.65. The number of amidine groups is 1. The Morgan fingerprint density at radius 2 is 1.94 bits per heavy atom. The van der Waals surface area contributed by atoms with Crippen molar-refractivity contribution in [1.82, 2.24) is 10.6 Å². The fourth-order valence-electron chi connectivity index (χ4n) is 2.01. The molecule has 0 saturated carbocycles. The predicted octanol–water partition coefficient (Wildman–Crippen LogP) is 1.36. The van der Waals surface area contributed by atoms with E-state index in [1.807, 2.05) is 24.3 Å². The monoisotopic (exact) mass is 233 g/mol. The Bertz CT molecular complexity index is 369. The van der Waals surface area contributed by atoms with E-state index in [0.717, 1.165) is 37.2 Å². The molecule has 0 unspecified atom stereocenters. The van der Waals surface area contributed by atoms with E-state index in [4.69, 9.17) is 10.1 Å². The van der Waals surface area contributed by atoms with Crippen molar-refractivity contribution in [2.75, 3.05) is 20.2 Å². The lowest BCUT2D eigenvalue weighted by Crippen LogP contribution is -2.42. The van der Waals surface area contributed by atoms with Gasteiger partial charge in [0.25, 0.3) is 0 Å². The van der Waals surface area contributed by atoms with Gasteiger partial charge >= 0.3 is 0 Å². The van der Waals surface area contributed by atoms with E-state index in [0.29, 0.717) is 11.9 Å². The van der Waals surface area contributed by atoms with Gasteiger partial charge in [0.2, 0.25) is 0 Å². The van der Waals surface area contributed by atoms with Crippen LogP contribution in [0.25, 0.3) is 0 Å². The molecule has 0 spiro atoms. The summed E-state index contributed by atoms with van der Waals surface area (Å²) in [5.74, 6) is 1.32. The van der Waals surface area contributed by atoms with Crippen LogP contribution >= 0.6 is 0 Å². The summed E-state index contributed by atoms with van der Waals surface area (Å²) in [4.78, 5) is 0. The van der Waals surface area contributed by atoms with Gasteiger partial charge in [-0.25, -0.2) is 0 Å². The van der Waals surface area contributed by atoms with Gasteiger partial charge in [-0.2, -0.15) is 0 Å². The first-order chi connectivity index (χ1) is 8.29. The predicted molar refractivity (Wildman–Crippen MR) is 68.9 cm³/mol. The molecule has 1 fully saturated rings. The highest BCUT2D eigenvalue weighted by Crippen LogP contribution is 2.12. The molecule has 92 valence electrons. The Morgan fingerprint density at radius 1 is 1.29 bits per heavy atom. The molecule has 1 aliphatic rings. The molecular weight excluding hydrogens is 214 g/mol. The van der Waals surface area contributed by atoms with Gasteiger partial charge in [0.05, 0.1) is 7.11 Å².